The largest absolute Gasteiger partial charge is 0.316 e. The molecular formula is C7H11N3O2S. The van der Waals surface area contributed by atoms with E-state index in [1.54, 1.807) is 11.8 Å². The molecule has 0 aromatic heterocycles. The Kier molecular flexibility index (Phi) is 3.30. The quantitative estimate of drug-likeness (QED) is 0.595. The van der Waals surface area contributed by atoms with Gasteiger partial charge in [-0.25, -0.2) is 4.99 Å². The van der Waals surface area contributed by atoms with Crippen LogP contribution in [0.1, 0.15) is 6.92 Å². The molecule has 72 valence electrons. The fourth-order valence-electron chi connectivity index (χ4n) is 0.923. The zero-order chi connectivity index (χ0) is 9.84. The second kappa shape index (κ2) is 4.27. The molecule has 1 saturated heterocycles. The van der Waals surface area contributed by atoms with Crippen molar-refractivity contribution in [3.63, 3.8) is 0 Å². The summed E-state index contributed by atoms with van der Waals surface area (Å²) in [4.78, 5) is 25.5. The van der Waals surface area contributed by atoms with Crippen LogP contribution in [0, 0.1) is 0 Å². The van der Waals surface area contributed by atoms with Crippen molar-refractivity contribution in [1.29, 1.82) is 0 Å². The van der Waals surface area contributed by atoms with Crippen LogP contribution >= 0.6 is 11.8 Å². The molecule has 0 aliphatic carbocycles. The molecule has 1 rings (SSSR count). The zero-order valence-corrected chi connectivity index (χ0v) is 8.27. The van der Waals surface area contributed by atoms with Gasteiger partial charge in [-0.2, -0.15) is 11.8 Å². The number of thioether (sulfide) groups is 1. The van der Waals surface area contributed by atoms with Gasteiger partial charge < -0.3 is 0 Å². The molecule has 1 atom stereocenters. The van der Waals surface area contributed by atoms with Gasteiger partial charge in [0.25, 0.3) is 0 Å². The summed E-state index contributed by atoms with van der Waals surface area (Å²) in [7, 11) is 0. The second-order valence-corrected chi connectivity index (χ2v) is 3.60. The van der Waals surface area contributed by atoms with Crippen molar-refractivity contribution in [3.8, 4) is 0 Å². The van der Waals surface area contributed by atoms with Gasteiger partial charge in [-0.3, -0.25) is 20.2 Å². The number of hydrogen-bond donors (Lipinski definition) is 2. The number of carbonyl (C=O) groups is 2. The number of aliphatic imine (C=N–C) groups is 1. The van der Waals surface area contributed by atoms with Crippen LogP contribution in [0.5, 0.6) is 0 Å². The van der Waals surface area contributed by atoms with Gasteiger partial charge in [0.05, 0.1) is 6.04 Å². The highest BCUT2D eigenvalue weighted by Gasteiger charge is 2.25. The van der Waals surface area contributed by atoms with E-state index in [1.807, 2.05) is 13.2 Å². The number of guanidine groups is 1. The van der Waals surface area contributed by atoms with Gasteiger partial charge in [0, 0.05) is 5.75 Å². The summed E-state index contributed by atoms with van der Waals surface area (Å²) in [6.07, 6.45) is 1.97. The lowest BCUT2D eigenvalue weighted by atomic mass is 10.4. The smallest absolute Gasteiger partial charge is 0.288 e. The first-order chi connectivity index (χ1) is 6.13. The van der Waals surface area contributed by atoms with Crippen molar-refractivity contribution in [2.75, 3.05) is 12.0 Å². The second-order valence-electron chi connectivity index (χ2n) is 2.69. The van der Waals surface area contributed by atoms with Crippen LogP contribution in [0.3, 0.4) is 0 Å². The number of amides is 2. The first kappa shape index (κ1) is 10.0. The molecule has 0 aromatic carbocycles. The molecule has 0 spiro atoms. The maximum absolute atomic E-state index is 10.7. The number of nitrogens with one attached hydrogen (secondary N) is 2. The summed E-state index contributed by atoms with van der Waals surface area (Å²) in [6.45, 7) is 1.92. The van der Waals surface area contributed by atoms with Crippen molar-refractivity contribution < 1.29 is 9.59 Å². The normalized spacial score (nSPS) is 18.2. The average Bonchev–Trinajstić information content (AvgIpc) is 2.31. The maximum atomic E-state index is 10.7. The fourth-order valence-corrected chi connectivity index (χ4v) is 1.48. The van der Waals surface area contributed by atoms with Gasteiger partial charge >= 0.3 is 11.8 Å². The number of nitrogens with zero attached hydrogens (tertiary/aromatic N) is 1. The molecule has 1 unspecified atom stereocenters. The summed E-state index contributed by atoms with van der Waals surface area (Å²) >= 11 is 1.66. The lowest BCUT2D eigenvalue weighted by Gasteiger charge is -2.04. The van der Waals surface area contributed by atoms with Gasteiger partial charge in [0.15, 0.2) is 0 Å². The van der Waals surface area contributed by atoms with Crippen LogP contribution in [0.25, 0.3) is 0 Å². The predicted molar refractivity (Wildman–Crippen MR) is 51.6 cm³/mol. The minimum Gasteiger partial charge on any atom is -0.288 e. The van der Waals surface area contributed by atoms with E-state index in [-0.39, 0.29) is 12.0 Å². The van der Waals surface area contributed by atoms with E-state index in [0.717, 1.165) is 5.75 Å². The molecular weight excluding hydrogens is 190 g/mol. The molecule has 5 nitrogen and oxygen atoms in total. The van der Waals surface area contributed by atoms with Gasteiger partial charge in [-0.1, -0.05) is 0 Å². The lowest BCUT2D eigenvalue weighted by molar-refractivity contribution is -0.135. The van der Waals surface area contributed by atoms with E-state index in [1.165, 1.54) is 0 Å². The standard InChI is InChI=1S/C7H11N3O2S/c1-4(3-13-2)8-7-9-5(11)6(12)10-7/h4H,3H2,1-2H3,(H2,8,9,10,11,12). The Bertz CT molecular complexity index is 246. The Morgan fingerprint density at radius 3 is 2.38 bits per heavy atom. The molecule has 1 fully saturated rings. The van der Waals surface area contributed by atoms with Crippen molar-refractivity contribution in [2.45, 2.75) is 13.0 Å². The summed E-state index contributed by atoms with van der Waals surface area (Å²) < 4.78 is 0. The zero-order valence-electron chi connectivity index (χ0n) is 7.46. The summed E-state index contributed by atoms with van der Waals surface area (Å²) in [5.41, 5.74) is 0. The summed E-state index contributed by atoms with van der Waals surface area (Å²) in [5.74, 6) is -0.170. The van der Waals surface area contributed by atoms with Crippen LogP contribution < -0.4 is 10.6 Å². The third kappa shape index (κ3) is 2.73. The summed E-state index contributed by atoms with van der Waals surface area (Å²) in [5, 5.41) is 4.67. The molecule has 0 bridgehead atoms. The van der Waals surface area contributed by atoms with E-state index in [0.29, 0.717) is 0 Å². The van der Waals surface area contributed by atoms with Crippen LogP contribution in [-0.4, -0.2) is 35.8 Å². The highest BCUT2D eigenvalue weighted by molar-refractivity contribution is 7.98. The molecule has 1 heterocycles. The highest BCUT2D eigenvalue weighted by atomic mass is 32.2. The third-order valence-electron chi connectivity index (χ3n) is 1.43. The Morgan fingerprint density at radius 2 is 1.92 bits per heavy atom. The molecule has 6 heteroatoms. The molecule has 2 amide bonds. The van der Waals surface area contributed by atoms with Crippen molar-refractivity contribution in [1.82, 2.24) is 10.6 Å². The molecule has 0 aromatic rings. The highest BCUT2D eigenvalue weighted by Crippen LogP contribution is 2.00. The topological polar surface area (TPSA) is 70.6 Å². The van der Waals surface area contributed by atoms with Crippen LogP contribution in [0.2, 0.25) is 0 Å². The first-order valence-electron chi connectivity index (χ1n) is 3.82. The van der Waals surface area contributed by atoms with E-state index in [9.17, 15) is 9.59 Å². The Hall–Kier alpha value is -1.04. The van der Waals surface area contributed by atoms with Crippen molar-refractivity contribution in [2.24, 2.45) is 4.99 Å². The molecule has 1 aliphatic rings. The van der Waals surface area contributed by atoms with E-state index >= 15 is 0 Å². The number of carbonyl (C=O) groups excluding carboxylic acids is 2. The molecule has 13 heavy (non-hydrogen) atoms. The SMILES string of the molecule is CSCC(C)N=C1NC(=O)C(=O)N1. The first-order valence-corrected chi connectivity index (χ1v) is 5.22. The summed E-state index contributed by atoms with van der Waals surface area (Å²) in [6, 6.07) is 0.0868. The van der Waals surface area contributed by atoms with Crippen LogP contribution in [0.15, 0.2) is 4.99 Å². The van der Waals surface area contributed by atoms with E-state index < -0.39 is 11.8 Å². The van der Waals surface area contributed by atoms with Crippen molar-refractivity contribution in [3.05, 3.63) is 0 Å². The van der Waals surface area contributed by atoms with Gasteiger partial charge in [-0.15, -0.1) is 0 Å². The van der Waals surface area contributed by atoms with Gasteiger partial charge in [0.1, 0.15) is 0 Å². The molecule has 1 aliphatic heterocycles. The number of rotatable bonds is 3. The van der Waals surface area contributed by atoms with Crippen LogP contribution in [0.4, 0.5) is 0 Å². The van der Waals surface area contributed by atoms with Gasteiger partial charge in [-0.05, 0) is 13.2 Å². The number of hydrogen-bond acceptors (Lipinski definition) is 4. The average molecular weight is 201 g/mol. The monoisotopic (exact) mass is 201 g/mol. The van der Waals surface area contributed by atoms with Gasteiger partial charge in [0.2, 0.25) is 5.96 Å². The van der Waals surface area contributed by atoms with Crippen LogP contribution in [-0.2, 0) is 9.59 Å². The minimum absolute atomic E-state index is 0.0868. The Morgan fingerprint density at radius 1 is 1.38 bits per heavy atom. The lowest BCUT2D eigenvalue weighted by Crippen LogP contribution is -2.27. The third-order valence-corrected chi connectivity index (χ3v) is 2.24. The van der Waals surface area contributed by atoms with Crippen molar-refractivity contribution >= 4 is 29.5 Å². The molecule has 0 radical (unpaired) electrons. The molecule has 2 N–H and O–H groups in total. The van der Waals surface area contributed by atoms with E-state index in [2.05, 4.69) is 15.6 Å². The fraction of sp³-hybridized carbons (Fsp3) is 0.571. The minimum atomic E-state index is -0.643. The van der Waals surface area contributed by atoms with E-state index in [4.69, 9.17) is 0 Å². The Labute approximate surface area is 80.4 Å². The Balaban J connectivity index is 2.54. The maximum Gasteiger partial charge on any atom is 0.316 e. The molecule has 0 saturated carbocycles. The predicted octanol–water partition coefficient (Wildman–Crippen LogP) is -0.660.